The van der Waals surface area contributed by atoms with Gasteiger partial charge in [0.1, 0.15) is 23.5 Å². The molecule has 8 nitrogen and oxygen atoms in total. The van der Waals surface area contributed by atoms with E-state index in [-0.39, 0.29) is 24.1 Å². The fourth-order valence-corrected chi connectivity index (χ4v) is 5.42. The fraction of sp³-hybridized carbons (Fsp3) is 0.355. The first-order valence-corrected chi connectivity index (χ1v) is 13.8. The predicted octanol–water partition coefficient (Wildman–Crippen LogP) is 6.90. The van der Waals surface area contributed by atoms with Crippen LogP contribution in [0.15, 0.2) is 60.7 Å². The van der Waals surface area contributed by atoms with E-state index in [4.69, 9.17) is 14.5 Å². The minimum atomic E-state index is -4.45. The second-order valence-corrected chi connectivity index (χ2v) is 11.7. The average molecular weight is 578 g/mol. The lowest BCUT2D eigenvalue weighted by Gasteiger charge is -2.43. The summed E-state index contributed by atoms with van der Waals surface area (Å²) >= 11 is 0. The molecule has 1 saturated carbocycles. The number of carbonyl (C=O) groups is 1. The van der Waals surface area contributed by atoms with E-state index in [1.54, 1.807) is 6.07 Å². The number of aromatic nitrogens is 4. The third-order valence-electron chi connectivity index (χ3n) is 7.45. The van der Waals surface area contributed by atoms with Gasteiger partial charge in [0.05, 0.1) is 11.2 Å². The number of carbonyl (C=O) groups excluding carboxylic acids is 1. The number of nitrogens with one attached hydrogen (secondary N) is 1. The van der Waals surface area contributed by atoms with Crippen LogP contribution in [0.3, 0.4) is 0 Å². The van der Waals surface area contributed by atoms with Gasteiger partial charge in [-0.3, -0.25) is 4.57 Å². The van der Waals surface area contributed by atoms with Crippen molar-refractivity contribution < 1.29 is 27.4 Å². The van der Waals surface area contributed by atoms with Crippen molar-refractivity contribution >= 4 is 6.09 Å². The summed E-state index contributed by atoms with van der Waals surface area (Å²) < 4.78 is 52.7. The van der Waals surface area contributed by atoms with E-state index in [0.717, 1.165) is 41.5 Å². The van der Waals surface area contributed by atoms with Crippen molar-refractivity contribution in [3.63, 3.8) is 0 Å². The average Bonchev–Trinajstić information content (AvgIpc) is 3.31. The largest absolute Gasteiger partial charge is 0.468 e. The van der Waals surface area contributed by atoms with Crippen molar-refractivity contribution in [3.8, 4) is 34.0 Å². The second-order valence-electron chi connectivity index (χ2n) is 11.7. The monoisotopic (exact) mass is 577 g/mol. The number of alkyl carbamates (subject to hydrolysis) is 1. The summed E-state index contributed by atoms with van der Waals surface area (Å²) in [6.07, 6.45) is -3.54. The van der Waals surface area contributed by atoms with Crippen LogP contribution in [0.1, 0.15) is 57.2 Å². The number of hydrogen-bond donors (Lipinski definition) is 1. The van der Waals surface area contributed by atoms with Gasteiger partial charge in [-0.15, -0.1) is 10.2 Å². The van der Waals surface area contributed by atoms with E-state index in [0.29, 0.717) is 11.4 Å². The molecule has 11 heteroatoms. The van der Waals surface area contributed by atoms with Gasteiger partial charge in [-0.05, 0) is 57.2 Å². The van der Waals surface area contributed by atoms with Crippen molar-refractivity contribution in [1.82, 2.24) is 25.1 Å². The minimum absolute atomic E-state index is 0.0488. The molecule has 3 heterocycles. The van der Waals surface area contributed by atoms with Crippen molar-refractivity contribution in [2.45, 2.75) is 70.4 Å². The predicted molar refractivity (Wildman–Crippen MR) is 149 cm³/mol. The molecule has 0 atom stereocenters. The zero-order valence-corrected chi connectivity index (χ0v) is 23.5. The lowest BCUT2D eigenvalue weighted by molar-refractivity contribution is -0.128. The summed E-state index contributed by atoms with van der Waals surface area (Å²) in [5, 5.41) is 10.8. The number of halogens is 3. The smallest absolute Gasteiger partial charge is 0.408 e. The molecule has 0 bridgehead atoms. The van der Waals surface area contributed by atoms with E-state index in [2.05, 4.69) is 15.5 Å². The molecule has 0 saturated heterocycles. The summed E-state index contributed by atoms with van der Waals surface area (Å²) in [4.78, 5) is 17.4. The molecule has 2 aliphatic rings. The van der Waals surface area contributed by atoms with Gasteiger partial charge < -0.3 is 14.8 Å². The van der Waals surface area contributed by atoms with Crippen LogP contribution in [0.5, 0.6) is 5.88 Å². The Kier molecular flexibility index (Phi) is 6.70. The third-order valence-corrected chi connectivity index (χ3v) is 7.45. The molecule has 1 aliphatic heterocycles. The van der Waals surface area contributed by atoms with Gasteiger partial charge in [0.25, 0.3) is 0 Å². The number of hydrogen-bond acceptors (Lipinski definition) is 6. The van der Waals surface area contributed by atoms with E-state index < -0.39 is 29.8 Å². The highest BCUT2D eigenvalue weighted by Crippen LogP contribution is 2.43. The van der Waals surface area contributed by atoms with Gasteiger partial charge in [0.2, 0.25) is 5.88 Å². The molecule has 0 radical (unpaired) electrons. The molecule has 2 aromatic carbocycles. The highest BCUT2D eigenvalue weighted by atomic mass is 19.4. The standard InChI is InChI=1S/C31H30F3N5O3/c1-29(2,3)42-28(40)36-30(14-7-15-30)21-12-10-20(11-13-21)26-22(19-8-5-4-6-9-19)16-23-27(35-26)41-18-25-38-37-24(39(23)25)17-31(32,33)34/h4-6,8-13,16H,7,14-15,17-18H2,1-3H3,(H,36,40). The SMILES string of the molecule is CC(C)(C)OC(=O)NC1(c2ccc(-c3nc4c(cc3-c3ccccc3)-n3c(nnc3CC(F)(F)F)CO4)cc2)CCC1. The van der Waals surface area contributed by atoms with E-state index in [9.17, 15) is 18.0 Å². The molecule has 218 valence electrons. The Balaban J connectivity index is 1.40. The lowest BCUT2D eigenvalue weighted by atomic mass is 9.71. The van der Waals surface area contributed by atoms with Crippen LogP contribution < -0.4 is 10.1 Å². The van der Waals surface area contributed by atoms with Crippen molar-refractivity contribution in [2.24, 2.45) is 0 Å². The Hall–Kier alpha value is -4.41. The van der Waals surface area contributed by atoms with Gasteiger partial charge in [0, 0.05) is 11.1 Å². The topological polar surface area (TPSA) is 91.2 Å². The van der Waals surface area contributed by atoms with Crippen LogP contribution >= 0.6 is 0 Å². The van der Waals surface area contributed by atoms with Crippen molar-refractivity contribution in [1.29, 1.82) is 0 Å². The summed E-state index contributed by atoms with van der Waals surface area (Å²) in [5.74, 6) is 0.262. The molecule has 1 amide bonds. The fourth-order valence-electron chi connectivity index (χ4n) is 5.42. The zero-order chi connectivity index (χ0) is 29.7. The van der Waals surface area contributed by atoms with Gasteiger partial charge in [-0.25, -0.2) is 9.78 Å². The molecule has 1 fully saturated rings. The Morgan fingerprint density at radius 2 is 1.74 bits per heavy atom. The summed E-state index contributed by atoms with van der Waals surface area (Å²) in [6, 6.07) is 19.1. The Morgan fingerprint density at radius 1 is 1.02 bits per heavy atom. The third kappa shape index (κ3) is 5.43. The summed E-state index contributed by atoms with van der Waals surface area (Å²) in [6.45, 7) is 5.44. The van der Waals surface area contributed by atoms with Crippen molar-refractivity contribution in [3.05, 3.63) is 77.9 Å². The maximum Gasteiger partial charge on any atom is 0.408 e. The van der Waals surface area contributed by atoms with Crippen LogP contribution in [0, 0.1) is 0 Å². The van der Waals surface area contributed by atoms with Gasteiger partial charge in [-0.1, -0.05) is 54.6 Å². The molecule has 4 aromatic rings. The molecular formula is C31H30F3N5O3. The van der Waals surface area contributed by atoms with E-state index in [1.165, 1.54) is 4.57 Å². The van der Waals surface area contributed by atoms with E-state index in [1.807, 2.05) is 75.4 Å². The number of nitrogens with zero attached hydrogens (tertiary/aromatic N) is 4. The van der Waals surface area contributed by atoms with Crippen LogP contribution in [-0.4, -0.2) is 37.6 Å². The molecule has 1 N–H and O–H groups in total. The number of pyridine rings is 1. The zero-order valence-electron chi connectivity index (χ0n) is 23.5. The summed E-state index contributed by atoms with van der Waals surface area (Å²) in [7, 11) is 0. The van der Waals surface area contributed by atoms with Crippen LogP contribution in [0.2, 0.25) is 0 Å². The number of alkyl halides is 3. The van der Waals surface area contributed by atoms with Crippen LogP contribution in [0.25, 0.3) is 28.1 Å². The molecule has 2 aromatic heterocycles. The molecule has 0 spiro atoms. The van der Waals surface area contributed by atoms with Crippen molar-refractivity contribution in [2.75, 3.05) is 0 Å². The highest BCUT2D eigenvalue weighted by molar-refractivity contribution is 5.83. The summed E-state index contributed by atoms with van der Waals surface area (Å²) in [5.41, 5.74) is 3.17. The van der Waals surface area contributed by atoms with Crippen LogP contribution in [0.4, 0.5) is 18.0 Å². The molecular weight excluding hydrogens is 547 g/mol. The number of rotatable bonds is 5. The maximum absolute atomic E-state index is 13.3. The normalized spacial score (nSPS) is 15.6. The first-order chi connectivity index (χ1) is 19.9. The van der Waals surface area contributed by atoms with E-state index >= 15 is 0 Å². The number of amides is 1. The lowest BCUT2D eigenvalue weighted by Crippen LogP contribution is -2.52. The van der Waals surface area contributed by atoms with Gasteiger partial charge >= 0.3 is 12.3 Å². The molecule has 42 heavy (non-hydrogen) atoms. The first-order valence-electron chi connectivity index (χ1n) is 13.8. The number of benzene rings is 2. The highest BCUT2D eigenvalue weighted by Gasteiger charge is 2.41. The van der Waals surface area contributed by atoms with Gasteiger partial charge in [-0.2, -0.15) is 13.2 Å². The quantitative estimate of drug-likeness (QED) is 0.278. The maximum atomic E-state index is 13.3. The second kappa shape index (κ2) is 10.1. The molecule has 6 rings (SSSR count). The molecule has 1 aliphatic carbocycles. The number of fused-ring (bicyclic) bond motifs is 3. The first kappa shape index (κ1) is 27.7. The number of ether oxygens (including phenoxy) is 2. The molecule has 0 unspecified atom stereocenters. The van der Waals surface area contributed by atoms with Gasteiger partial charge in [0.15, 0.2) is 12.4 Å². The Bertz CT molecular complexity index is 1620. The van der Waals surface area contributed by atoms with Crippen LogP contribution in [-0.2, 0) is 23.3 Å². The minimum Gasteiger partial charge on any atom is -0.468 e. The Morgan fingerprint density at radius 3 is 2.36 bits per heavy atom. The Labute approximate surface area is 240 Å².